The fraction of sp³-hybridized carbons (Fsp3) is 1.00. The van der Waals surface area contributed by atoms with E-state index in [4.69, 9.17) is 0 Å². The summed E-state index contributed by atoms with van der Waals surface area (Å²) in [6.45, 7) is 6.29. The van der Waals surface area contributed by atoms with Crippen LogP contribution in [0.5, 0.6) is 0 Å². The molecule has 0 atom stereocenters. The molecular weight excluding hydrogens is 78.9 g/mol. The standard InChI is InChI=1S/C3H8BS/c1-3-5-4-2/h3H2,1-2H3. The maximum atomic E-state index is 2.14. The van der Waals surface area contributed by atoms with Crippen LogP contribution in [0.25, 0.3) is 0 Å². The summed E-state index contributed by atoms with van der Waals surface area (Å²) in [7, 11) is 0. The minimum atomic E-state index is 1.20. The second-order valence-electron chi connectivity index (χ2n) is 0.691. The third kappa shape index (κ3) is 4.41. The highest BCUT2D eigenvalue weighted by atomic mass is 32.2. The van der Waals surface area contributed by atoms with Crippen LogP contribution in [0.1, 0.15) is 6.92 Å². The topological polar surface area (TPSA) is 0 Å². The molecule has 0 aliphatic rings. The van der Waals surface area contributed by atoms with Crippen molar-refractivity contribution in [1.29, 1.82) is 0 Å². The second-order valence-corrected chi connectivity index (χ2v) is 2.07. The van der Waals surface area contributed by atoms with Crippen molar-refractivity contribution in [2.24, 2.45) is 0 Å². The second kappa shape index (κ2) is 4.41. The van der Waals surface area contributed by atoms with E-state index in [1.165, 1.54) is 5.75 Å². The minimum Gasteiger partial charge on any atom is -0.219 e. The third-order valence-corrected chi connectivity index (χ3v) is 1.00. The fourth-order valence-electron chi connectivity index (χ4n) is 0.167. The average Bonchev–Trinajstić information content (AvgIpc) is 1.41. The smallest absolute Gasteiger partial charge is 0.188 e. The van der Waals surface area contributed by atoms with Crippen molar-refractivity contribution in [3.05, 3.63) is 0 Å². The molecule has 29 valence electrons. The van der Waals surface area contributed by atoms with Crippen molar-refractivity contribution in [2.75, 3.05) is 5.75 Å². The monoisotopic (exact) mass is 87.0 g/mol. The van der Waals surface area contributed by atoms with Gasteiger partial charge in [-0.2, -0.15) is 0 Å². The maximum Gasteiger partial charge on any atom is 0.188 e. The Kier molecular flexibility index (Phi) is 4.78. The summed E-state index contributed by atoms with van der Waals surface area (Å²) in [4.78, 5) is 0. The SMILES string of the molecule is C[B]SCC. The van der Waals surface area contributed by atoms with Crippen LogP contribution in [0.2, 0.25) is 6.82 Å². The van der Waals surface area contributed by atoms with Crippen LogP contribution in [-0.2, 0) is 0 Å². The van der Waals surface area contributed by atoms with E-state index in [0.29, 0.717) is 0 Å². The Labute approximate surface area is 38.5 Å². The first-order valence-electron chi connectivity index (χ1n) is 1.81. The molecule has 0 aromatic rings. The van der Waals surface area contributed by atoms with Crippen LogP contribution < -0.4 is 0 Å². The highest BCUT2D eigenvalue weighted by Gasteiger charge is 1.70. The van der Waals surface area contributed by atoms with Gasteiger partial charge in [0.15, 0.2) is 6.56 Å². The van der Waals surface area contributed by atoms with Crippen molar-refractivity contribution in [3.8, 4) is 0 Å². The first kappa shape index (κ1) is 5.41. The Morgan fingerprint density at radius 3 is 2.40 bits per heavy atom. The molecule has 0 aliphatic heterocycles. The predicted molar refractivity (Wildman–Crippen MR) is 29.7 cm³/mol. The van der Waals surface area contributed by atoms with Crippen LogP contribution in [0.3, 0.4) is 0 Å². The van der Waals surface area contributed by atoms with Crippen molar-refractivity contribution in [1.82, 2.24) is 0 Å². The molecule has 0 aromatic carbocycles. The summed E-state index contributed by atoms with van der Waals surface area (Å²) < 4.78 is 0. The number of hydrogen-bond acceptors (Lipinski definition) is 1. The van der Waals surface area contributed by atoms with Gasteiger partial charge >= 0.3 is 0 Å². The van der Waals surface area contributed by atoms with Crippen molar-refractivity contribution < 1.29 is 0 Å². The fourth-order valence-corrected chi connectivity index (χ4v) is 0.500. The first-order valence-corrected chi connectivity index (χ1v) is 2.86. The summed E-state index contributed by atoms with van der Waals surface area (Å²) in [5.41, 5.74) is 0. The quantitative estimate of drug-likeness (QED) is 0.459. The lowest BCUT2D eigenvalue weighted by atomic mass is 10.2. The molecule has 0 rings (SSSR count). The molecule has 2 heteroatoms. The molecule has 0 unspecified atom stereocenters. The lowest BCUT2D eigenvalue weighted by Crippen LogP contribution is -1.69. The van der Waals surface area contributed by atoms with E-state index >= 15 is 0 Å². The van der Waals surface area contributed by atoms with Gasteiger partial charge in [-0.1, -0.05) is 13.7 Å². The highest BCUT2D eigenvalue weighted by molar-refractivity contribution is 8.22. The lowest BCUT2D eigenvalue weighted by Gasteiger charge is -1.78. The van der Waals surface area contributed by atoms with Crippen LogP contribution in [0.15, 0.2) is 0 Å². The molecule has 0 N–H and O–H groups in total. The van der Waals surface area contributed by atoms with Gasteiger partial charge in [-0.3, -0.25) is 0 Å². The molecule has 0 heterocycles. The molecule has 0 amide bonds. The van der Waals surface area contributed by atoms with E-state index in [2.05, 4.69) is 13.5 Å². The summed E-state index contributed by atoms with van der Waals surface area (Å²) >= 11 is 1.84. The van der Waals surface area contributed by atoms with Gasteiger partial charge in [0.1, 0.15) is 0 Å². The van der Waals surface area contributed by atoms with Crippen molar-refractivity contribution >= 4 is 18.2 Å². The number of rotatable bonds is 2. The minimum absolute atomic E-state index is 1.20. The van der Waals surface area contributed by atoms with Crippen LogP contribution in [0.4, 0.5) is 0 Å². The Balaban J connectivity index is 2.19. The highest BCUT2D eigenvalue weighted by Crippen LogP contribution is 1.90. The Morgan fingerprint density at radius 1 is 1.80 bits per heavy atom. The molecule has 0 saturated carbocycles. The first-order chi connectivity index (χ1) is 2.41. The van der Waals surface area contributed by atoms with E-state index in [9.17, 15) is 0 Å². The van der Waals surface area contributed by atoms with E-state index in [-0.39, 0.29) is 0 Å². The molecule has 0 nitrogen and oxygen atoms in total. The van der Waals surface area contributed by atoms with E-state index in [1.54, 1.807) is 0 Å². The predicted octanol–water partition coefficient (Wildman–Crippen LogP) is 1.41. The molecule has 1 radical (unpaired) electrons. The van der Waals surface area contributed by atoms with Gasteiger partial charge in [0.25, 0.3) is 0 Å². The van der Waals surface area contributed by atoms with Gasteiger partial charge in [-0.15, -0.1) is 0 Å². The van der Waals surface area contributed by atoms with Crippen LogP contribution >= 0.6 is 11.6 Å². The molecule has 5 heavy (non-hydrogen) atoms. The van der Waals surface area contributed by atoms with E-state index in [0.717, 1.165) is 0 Å². The molecule has 0 bridgehead atoms. The molecule has 0 spiro atoms. The number of hydrogen-bond donors (Lipinski definition) is 0. The molecule has 0 fully saturated rings. The molecule has 0 saturated heterocycles. The van der Waals surface area contributed by atoms with Crippen molar-refractivity contribution in [3.63, 3.8) is 0 Å². The Morgan fingerprint density at radius 2 is 2.40 bits per heavy atom. The van der Waals surface area contributed by atoms with Gasteiger partial charge in [-0.25, -0.2) is 11.6 Å². The zero-order valence-corrected chi connectivity index (χ0v) is 4.51. The molecule has 0 aliphatic carbocycles. The maximum absolute atomic E-state index is 2.14. The van der Waals surface area contributed by atoms with E-state index in [1.807, 2.05) is 18.4 Å². The summed E-state index contributed by atoms with van der Waals surface area (Å²) in [6, 6.07) is 0. The average molecular weight is 87.0 g/mol. The zero-order valence-electron chi connectivity index (χ0n) is 3.69. The largest absolute Gasteiger partial charge is 0.219 e. The van der Waals surface area contributed by atoms with Crippen LogP contribution in [0, 0.1) is 0 Å². The van der Waals surface area contributed by atoms with Gasteiger partial charge in [-0.05, 0) is 5.75 Å². The third-order valence-electron chi connectivity index (χ3n) is 0.333. The van der Waals surface area contributed by atoms with Gasteiger partial charge in [0, 0.05) is 0 Å². The van der Waals surface area contributed by atoms with Gasteiger partial charge in [0.2, 0.25) is 0 Å². The van der Waals surface area contributed by atoms with Crippen LogP contribution in [-0.4, -0.2) is 12.3 Å². The molecule has 0 aromatic heterocycles. The van der Waals surface area contributed by atoms with Gasteiger partial charge in [0.05, 0.1) is 0 Å². The van der Waals surface area contributed by atoms with Crippen molar-refractivity contribution in [2.45, 2.75) is 13.7 Å². The lowest BCUT2D eigenvalue weighted by molar-refractivity contribution is 1.54. The normalized spacial score (nSPS) is 7.60. The Hall–Kier alpha value is 0.415. The van der Waals surface area contributed by atoms with E-state index < -0.39 is 0 Å². The zero-order chi connectivity index (χ0) is 4.12. The Bertz CT molecular complexity index is 14.4. The summed E-state index contributed by atoms with van der Waals surface area (Å²) in [6.07, 6.45) is 0. The van der Waals surface area contributed by atoms with Gasteiger partial charge < -0.3 is 0 Å². The summed E-state index contributed by atoms with van der Waals surface area (Å²) in [5.74, 6) is 1.20. The molecular formula is C3H8BS. The summed E-state index contributed by atoms with van der Waals surface area (Å²) in [5, 5.41) is 0.